The summed E-state index contributed by atoms with van der Waals surface area (Å²) in [5.41, 5.74) is 12.3. The van der Waals surface area contributed by atoms with Crippen LogP contribution in [0.3, 0.4) is 0 Å². The molecule has 0 spiro atoms. The van der Waals surface area contributed by atoms with Crippen LogP contribution in [0.5, 0.6) is 0 Å². The van der Waals surface area contributed by atoms with Crippen molar-refractivity contribution >= 4 is 17.6 Å². The number of nitrogens with one attached hydrogen (secondary N) is 2. The highest BCUT2D eigenvalue weighted by Gasteiger charge is 2.18. The highest BCUT2D eigenvalue weighted by Crippen LogP contribution is 2.25. The van der Waals surface area contributed by atoms with Gasteiger partial charge < -0.3 is 21.3 Å². The van der Waals surface area contributed by atoms with E-state index in [2.05, 4.69) is 46.8 Å². The Hall–Kier alpha value is -3.38. The molecule has 1 saturated carbocycles. The zero-order chi connectivity index (χ0) is 22.5. The van der Waals surface area contributed by atoms with Crippen molar-refractivity contribution in [3.63, 3.8) is 0 Å². The molecule has 0 bridgehead atoms. The number of amidine groups is 1. The number of nitrogens with zero attached hydrogens (tertiary/aromatic N) is 3. The van der Waals surface area contributed by atoms with Crippen molar-refractivity contribution in [3.05, 3.63) is 89.8 Å². The second-order valence-corrected chi connectivity index (χ2v) is 8.63. The maximum absolute atomic E-state index is 6.28. The summed E-state index contributed by atoms with van der Waals surface area (Å²) in [4.78, 5) is 11.2. The molecule has 0 atom stereocenters. The van der Waals surface area contributed by atoms with Gasteiger partial charge in [0.2, 0.25) is 0 Å². The topological polar surface area (TPSA) is 78.6 Å². The van der Waals surface area contributed by atoms with Crippen LogP contribution in [-0.4, -0.2) is 28.8 Å². The van der Waals surface area contributed by atoms with E-state index in [0.29, 0.717) is 12.2 Å². The van der Waals surface area contributed by atoms with Gasteiger partial charge in [0.15, 0.2) is 0 Å². The first-order valence-electron chi connectivity index (χ1n) is 11.2. The summed E-state index contributed by atoms with van der Waals surface area (Å²) in [6.45, 7) is 12.9. The number of pyridine rings is 1. The van der Waals surface area contributed by atoms with Gasteiger partial charge in [-0.05, 0) is 68.2 Å². The number of hydrogen-bond donors (Lipinski definition) is 3. The van der Waals surface area contributed by atoms with Crippen molar-refractivity contribution in [1.29, 1.82) is 0 Å². The van der Waals surface area contributed by atoms with E-state index in [4.69, 9.17) is 5.73 Å². The fraction of sp³-hybridized carbons (Fsp3) is 0.308. The monoisotopic (exact) mass is 428 g/mol. The molecule has 2 aliphatic heterocycles. The molecule has 1 aromatic rings. The molecule has 0 unspecified atom stereocenters. The fourth-order valence-electron chi connectivity index (χ4n) is 3.82. The Labute approximate surface area is 190 Å². The smallest absolute Gasteiger partial charge is 0.137 e. The van der Waals surface area contributed by atoms with Crippen LogP contribution in [0.25, 0.3) is 6.08 Å². The SMILES string of the molecule is C=C(NCc1cnc(/C=C(\C)CNCC2CCC2)c(N)c1)C1=CC(=C)N2C=CC=CC2=N1. The summed E-state index contributed by atoms with van der Waals surface area (Å²) < 4.78 is 0. The van der Waals surface area contributed by atoms with Gasteiger partial charge in [0.1, 0.15) is 5.84 Å². The molecule has 32 heavy (non-hydrogen) atoms. The predicted molar refractivity (Wildman–Crippen MR) is 133 cm³/mol. The van der Waals surface area contributed by atoms with Gasteiger partial charge in [-0.15, -0.1) is 0 Å². The largest absolute Gasteiger partial charge is 0.397 e. The van der Waals surface area contributed by atoms with E-state index < -0.39 is 0 Å². The first kappa shape index (κ1) is 21.8. The molecule has 166 valence electrons. The molecular formula is C26H32N6. The second-order valence-electron chi connectivity index (χ2n) is 8.63. The van der Waals surface area contributed by atoms with Crippen LogP contribution in [0.2, 0.25) is 0 Å². The number of fused-ring (bicyclic) bond motifs is 1. The van der Waals surface area contributed by atoms with Gasteiger partial charge in [-0.25, -0.2) is 4.99 Å². The van der Waals surface area contributed by atoms with Crippen molar-refractivity contribution < 1.29 is 0 Å². The number of anilines is 1. The Morgan fingerprint density at radius 2 is 2.19 bits per heavy atom. The zero-order valence-electron chi connectivity index (χ0n) is 18.8. The van der Waals surface area contributed by atoms with Crippen LogP contribution in [-0.2, 0) is 6.54 Å². The molecule has 4 rings (SSSR count). The Balaban J connectivity index is 1.31. The number of hydrogen-bond acceptors (Lipinski definition) is 6. The maximum atomic E-state index is 6.28. The van der Waals surface area contributed by atoms with Crippen molar-refractivity contribution in [2.75, 3.05) is 18.8 Å². The van der Waals surface area contributed by atoms with Gasteiger partial charge in [0.25, 0.3) is 0 Å². The van der Waals surface area contributed by atoms with Crippen LogP contribution >= 0.6 is 0 Å². The minimum atomic E-state index is 0.566. The zero-order valence-corrected chi connectivity index (χ0v) is 18.8. The standard InChI is InChI=1S/C26H32N6/c1-18(14-28-15-21-7-6-8-21)11-25-23(27)13-22(17-30-25)16-29-20(3)24-12-19(2)32-10-5-4-9-26(32)31-24/h4-5,9-13,17,21,28-29H,2-3,6-8,14-16,27H2,1H3/b18-11+. The lowest BCUT2D eigenvalue weighted by atomic mass is 9.85. The normalized spacial score (nSPS) is 18.1. The van der Waals surface area contributed by atoms with E-state index in [-0.39, 0.29) is 0 Å². The maximum Gasteiger partial charge on any atom is 0.137 e. The molecule has 1 aromatic heterocycles. The number of aliphatic imine (C=N–C) groups is 1. The Morgan fingerprint density at radius 3 is 2.94 bits per heavy atom. The number of rotatable bonds is 9. The Morgan fingerprint density at radius 1 is 1.34 bits per heavy atom. The quantitative estimate of drug-likeness (QED) is 0.548. The van der Waals surface area contributed by atoms with E-state index in [1.54, 1.807) is 0 Å². The third-order valence-corrected chi connectivity index (χ3v) is 5.95. The van der Waals surface area contributed by atoms with Gasteiger partial charge in [-0.2, -0.15) is 0 Å². The van der Waals surface area contributed by atoms with Gasteiger partial charge >= 0.3 is 0 Å². The minimum Gasteiger partial charge on any atom is -0.397 e. The number of allylic oxidation sites excluding steroid dienone is 3. The fourth-order valence-corrected chi connectivity index (χ4v) is 3.82. The van der Waals surface area contributed by atoms with E-state index in [0.717, 1.165) is 53.2 Å². The van der Waals surface area contributed by atoms with Gasteiger partial charge in [-0.1, -0.05) is 31.2 Å². The van der Waals surface area contributed by atoms with Crippen molar-refractivity contribution in [2.24, 2.45) is 10.9 Å². The first-order chi connectivity index (χ1) is 15.5. The minimum absolute atomic E-state index is 0.566. The van der Waals surface area contributed by atoms with Crippen LogP contribution in [0, 0.1) is 5.92 Å². The third-order valence-electron chi connectivity index (χ3n) is 5.95. The molecule has 0 amide bonds. The number of nitrogen functional groups attached to an aromatic ring is 1. The predicted octanol–water partition coefficient (Wildman–Crippen LogP) is 4.26. The lowest BCUT2D eigenvalue weighted by Crippen LogP contribution is -2.28. The Kier molecular flexibility index (Phi) is 6.71. The van der Waals surface area contributed by atoms with Crippen LogP contribution in [0.1, 0.15) is 37.4 Å². The Bertz CT molecular complexity index is 1050. The van der Waals surface area contributed by atoms with E-state index in [9.17, 15) is 0 Å². The average Bonchev–Trinajstić information content (AvgIpc) is 2.75. The van der Waals surface area contributed by atoms with Crippen LogP contribution < -0.4 is 16.4 Å². The lowest BCUT2D eigenvalue weighted by Gasteiger charge is -2.27. The molecule has 1 aliphatic carbocycles. The summed E-state index contributed by atoms with van der Waals surface area (Å²) in [5, 5.41) is 6.86. The van der Waals surface area contributed by atoms with Crippen LogP contribution in [0.15, 0.2) is 83.6 Å². The van der Waals surface area contributed by atoms with E-state index in [1.807, 2.05) is 47.7 Å². The van der Waals surface area contributed by atoms with E-state index >= 15 is 0 Å². The molecule has 0 saturated heterocycles. The van der Waals surface area contributed by atoms with Crippen molar-refractivity contribution in [1.82, 2.24) is 20.5 Å². The van der Waals surface area contributed by atoms with Crippen LogP contribution in [0.4, 0.5) is 5.69 Å². The van der Waals surface area contributed by atoms with E-state index in [1.165, 1.54) is 24.8 Å². The molecule has 6 heteroatoms. The van der Waals surface area contributed by atoms with Gasteiger partial charge in [-0.3, -0.25) is 4.98 Å². The molecule has 0 radical (unpaired) electrons. The van der Waals surface area contributed by atoms with Gasteiger partial charge in [0, 0.05) is 31.2 Å². The summed E-state index contributed by atoms with van der Waals surface area (Å²) in [6, 6.07) is 1.96. The summed E-state index contributed by atoms with van der Waals surface area (Å²) >= 11 is 0. The summed E-state index contributed by atoms with van der Waals surface area (Å²) in [6.07, 6.45) is 17.7. The first-order valence-corrected chi connectivity index (χ1v) is 11.2. The average molecular weight is 429 g/mol. The molecule has 4 N–H and O–H groups in total. The van der Waals surface area contributed by atoms with Crippen molar-refractivity contribution in [3.8, 4) is 0 Å². The third kappa shape index (κ3) is 5.26. The summed E-state index contributed by atoms with van der Waals surface area (Å²) in [5.74, 6) is 1.69. The highest BCUT2D eigenvalue weighted by atomic mass is 15.2. The molecule has 6 nitrogen and oxygen atoms in total. The molecule has 0 aromatic carbocycles. The second kappa shape index (κ2) is 9.83. The molecule has 1 fully saturated rings. The number of aromatic nitrogens is 1. The molecule has 3 heterocycles. The van der Waals surface area contributed by atoms with Gasteiger partial charge in [0.05, 0.1) is 22.8 Å². The number of nitrogens with two attached hydrogens (primary N) is 1. The highest BCUT2D eigenvalue weighted by molar-refractivity contribution is 5.98. The van der Waals surface area contributed by atoms with Crippen molar-refractivity contribution in [2.45, 2.75) is 32.7 Å². The molecule has 3 aliphatic rings. The molecular weight excluding hydrogens is 396 g/mol. The lowest BCUT2D eigenvalue weighted by molar-refractivity contribution is 0.305. The summed E-state index contributed by atoms with van der Waals surface area (Å²) in [7, 11) is 0.